The summed E-state index contributed by atoms with van der Waals surface area (Å²) in [4.78, 5) is 13.3. The average Bonchev–Trinajstić information content (AvgIpc) is 2.84. The van der Waals surface area contributed by atoms with Gasteiger partial charge in [0.15, 0.2) is 0 Å². The molecule has 0 aromatic heterocycles. The Labute approximate surface area is 114 Å². The van der Waals surface area contributed by atoms with E-state index in [-0.39, 0.29) is 6.10 Å². The molecule has 2 rings (SSSR count). The highest BCUT2D eigenvalue weighted by atomic mass is 16.5. The molecule has 0 unspecified atom stereocenters. The first kappa shape index (κ1) is 13.9. The van der Waals surface area contributed by atoms with Crippen LogP contribution >= 0.6 is 0 Å². The Balaban J connectivity index is 2.03. The largest absolute Gasteiger partial charge is 0.480 e. The van der Waals surface area contributed by atoms with Gasteiger partial charge in [0.1, 0.15) is 6.04 Å². The van der Waals surface area contributed by atoms with Crippen molar-refractivity contribution in [1.29, 1.82) is 0 Å². The Morgan fingerprint density at radius 2 is 2.16 bits per heavy atom. The van der Waals surface area contributed by atoms with E-state index in [9.17, 15) is 9.90 Å². The number of benzene rings is 1. The van der Waals surface area contributed by atoms with Crippen LogP contribution in [-0.2, 0) is 9.53 Å². The van der Waals surface area contributed by atoms with Gasteiger partial charge in [-0.15, -0.1) is 0 Å². The van der Waals surface area contributed by atoms with Crippen LogP contribution in [0.2, 0.25) is 0 Å². The number of carbonyl (C=O) groups is 1. The van der Waals surface area contributed by atoms with Gasteiger partial charge in [-0.3, -0.25) is 0 Å². The van der Waals surface area contributed by atoms with Crippen LogP contribution in [0.5, 0.6) is 0 Å². The summed E-state index contributed by atoms with van der Waals surface area (Å²) in [5.41, 5.74) is 0.955. The number of carboxylic acids is 1. The summed E-state index contributed by atoms with van der Waals surface area (Å²) < 4.78 is 5.77. The predicted octanol–water partition coefficient (Wildman–Crippen LogP) is 2.54. The molecule has 4 heteroatoms. The Morgan fingerprint density at radius 1 is 1.42 bits per heavy atom. The number of unbranched alkanes of at least 4 members (excludes halogenated alkanes) is 1. The van der Waals surface area contributed by atoms with Crippen LogP contribution in [-0.4, -0.2) is 36.4 Å². The lowest BCUT2D eigenvalue weighted by atomic mass is 10.2. The second-order valence-electron chi connectivity index (χ2n) is 4.92. The number of hydrogen-bond donors (Lipinski definition) is 1. The third kappa shape index (κ3) is 3.47. The second-order valence-corrected chi connectivity index (χ2v) is 4.92. The molecule has 19 heavy (non-hydrogen) atoms. The smallest absolute Gasteiger partial charge is 0.326 e. The molecule has 0 bridgehead atoms. The number of hydrogen-bond acceptors (Lipinski definition) is 3. The van der Waals surface area contributed by atoms with Crippen LogP contribution in [0.25, 0.3) is 0 Å². The van der Waals surface area contributed by atoms with E-state index < -0.39 is 12.0 Å². The van der Waals surface area contributed by atoms with Gasteiger partial charge in [-0.1, -0.05) is 31.5 Å². The molecule has 0 amide bonds. The maximum Gasteiger partial charge on any atom is 0.326 e. The van der Waals surface area contributed by atoms with E-state index in [1.54, 1.807) is 0 Å². The number of para-hydroxylation sites is 1. The minimum Gasteiger partial charge on any atom is -0.480 e. The van der Waals surface area contributed by atoms with Crippen LogP contribution in [0.1, 0.15) is 26.2 Å². The lowest BCUT2D eigenvalue weighted by molar-refractivity contribution is -0.138. The van der Waals surface area contributed by atoms with E-state index >= 15 is 0 Å². The summed E-state index contributed by atoms with van der Waals surface area (Å²) in [6, 6.07) is 9.22. The molecule has 4 nitrogen and oxygen atoms in total. The van der Waals surface area contributed by atoms with Crippen molar-refractivity contribution in [1.82, 2.24) is 0 Å². The van der Waals surface area contributed by atoms with Crippen molar-refractivity contribution < 1.29 is 14.6 Å². The molecule has 1 heterocycles. The number of nitrogens with zero attached hydrogens (tertiary/aromatic N) is 1. The quantitative estimate of drug-likeness (QED) is 0.801. The van der Waals surface area contributed by atoms with Crippen LogP contribution in [0.4, 0.5) is 5.69 Å². The van der Waals surface area contributed by atoms with Gasteiger partial charge in [-0.2, -0.15) is 0 Å². The van der Waals surface area contributed by atoms with Gasteiger partial charge in [0.2, 0.25) is 0 Å². The number of anilines is 1. The standard InChI is InChI=1S/C15H21NO3/c1-2-3-9-19-13-10-14(15(17)18)16(11-13)12-7-5-4-6-8-12/h4-8,13-14H,2-3,9-11H2,1H3,(H,17,18)/t13-,14+/m1/s1. The zero-order valence-electron chi connectivity index (χ0n) is 11.3. The number of rotatable bonds is 6. The van der Waals surface area contributed by atoms with Gasteiger partial charge in [0.05, 0.1) is 6.10 Å². The van der Waals surface area contributed by atoms with Crippen LogP contribution in [0.3, 0.4) is 0 Å². The van der Waals surface area contributed by atoms with Crippen molar-refractivity contribution in [3.63, 3.8) is 0 Å². The Kier molecular flexibility index (Phi) is 4.80. The lowest BCUT2D eigenvalue weighted by Gasteiger charge is -2.23. The number of carboxylic acid groups (broad SMARTS) is 1. The molecule has 0 saturated carbocycles. The van der Waals surface area contributed by atoms with E-state index in [1.165, 1.54) is 0 Å². The minimum atomic E-state index is -0.773. The molecule has 1 aliphatic heterocycles. The van der Waals surface area contributed by atoms with Crippen molar-refractivity contribution in [2.45, 2.75) is 38.3 Å². The molecule has 0 aliphatic carbocycles. The molecule has 1 aromatic rings. The van der Waals surface area contributed by atoms with Gasteiger partial charge in [0.25, 0.3) is 0 Å². The first-order valence-corrected chi connectivity index (χ1v) is 6.88. The summed E-state index contributed by atoms with van der Waals surface area (Å²) >= 11 is 0. The van der Waals surface area contributed by atoms with E-state index in [1.807, 2.05) is 35.2 Å². The number of aliphatic carboxylic acids is 1. The fourth-order valence-electron chi connectivity index (χ4n) is 2.45. The van der Waals surface area contributed by atoms with E-state index in [4.69, 9.17) is 4.74 Å². The van der Waals surface area contributed by atoms with Gasteiger partial charge in [-0.25, -0.2) is 4.79 Å². The average molecular weight is 263 g/mol. The third-order valence-electron chi connectivity index (χ3n) is 3.49. The second kappa shape index (κ2) is 6.57. The molecule has 1 N–H and O–H groups in total. The summed E-state index contributed by atoms with van der Waals surface area (Å²) in [5.74, 6) is -0.773. The van der Waals surface area contributed by atoms with Crippen LogP contribution in [0, 0.1) is 0 Å². The van der Waals surface area contributed by atoms with Gasteiger partial charge in [-0.05, 0) is 18.6 Å². The van der Waals surface area contributed by atoms with Gasteiger partial charge >= 0.3 is 5.97 Å². The lowest BCUT2D eigenvalue weighted by Crippen LogP contribution is -2.35. The van der Waals surface area contributed by atoms with E-state index in [0.29, 0.717) is 13.0 Å². The first-order valence-electron chi connectivity index (χ1n) is 6.88. The molecular formula is C15H21NO3. The van der Waals surface area contributed by atoms with E-state index in [2.05, 4.69) is 6.92 Å². The van der Waals surface area contributed by atoms with Crippen LogP contribution in [0.15, 0.2) is 30.3 Å². The summed E-state index contributed by atoms with van der Waals surface area (Å²) in [6.45, 7) is 3.50. The fraction of sp³-hybridized carbons (Fsp3) is 0.533. The Bertz CT molecular complexity index is 407. The van der Waals surface area contributed by atoms with Gasteiger partial charge < -0.3 is 14.7 Å². The molecule has 0 spiro atoms. The maximum atomic E-state index is 11.4. The Hall–Kier alpha value is -1.55. The SMILES string of the molecule is CCCCO[C@@H]1C[C@@H](C(=O)O)N(c2ccccc2)C1. The molecule has 2 atom stereocenters. The predicted molar refractivity (Wildman–Crippen MR) is 74.5 cm³/mol. The molecule has 1 saturated heterocycles. The highest BCUT2D eigenvalue weighted by molar-refractivity contribution is 5.79. The molecule has 1 fully saturated rings. The van der Waals surface area contributed by atoms with Crippen LogP contribution < -0.4 is 4.90 Å². The normalized spacial score (nSPS) is 22.7. The molecule has 1 aliphatic rings. The zero-order chi connectivity index (χ0) is 13.7. The van der Waals surface area contributed by atoms with Crippen molar-refractivity contribution in [2.24, 2.45) is 0 Å². The van der Waals surface area contributed by atoms with Gasteiger partial charge in [0, 0.05) is 25.3 Å². The monoisotopic (exact) mass is 263 g/mol. The summed E-state index contributed by atoms with van der Waals surface area (Å²) in [7, 11) is 0. The van der Waals surface area contributed by atoms with E-state index in [0.717, 1.165) is 25.1 Å². The zero-order valence-corrected chi connectivity index (χ0v) is 11.3. The topological polar surface area (TPSA) is 49.8 Å². The summed E-state index contributed by atoms with van der Waals surface area (Å²) in [5, 5.41) is 9.34. The Morgan fingerprint density at radius 3 is 2.79 bits per heavy atom. The number of ether oxygens (including phenoxy) is 1. The highest BCUT2D eigenvalue weighted by Gasteiger charge is 2.37. The maximum absolute atomic E-state index is 11.4. The molecule has 0 radical (unpaired) electrons. The molecular weight excluding hydrogens is 242 g/mol. The third-order valence-corrected chi connectivity index (χ3v) is 3.49. The van der Waals surface area contributed by atoms with Crippen molar-refractivity contribution >= 4 is 11.7 Å². The van der Waals surface area contributed by atoms with Crippen molar-refractivity contribution in [3.05, 3.63) is 30.3 Å². The molecule has 104 valence electrons. The fourth-order valence-corrected chi connectivity index (χ4v) is 2.45. The molecule has 1 aromatic carbocycles. The highest BCUT2D eigenvalue weighted by Crippen LogP contribution is 2.27. The van der Waals surface area contributed by atoms with Crippen molar-refractivity contribution in [2.75, 3.05) is 18.1 Å². The minimum absolute atomic E-state index is 0.0212. The summed E-state index contributed by atoms with van der Waals surface area (Å²) in [6.07, 6.45) is 2.71. The van der Waals surface area contributed by atoms with Crippen molar-refractivity contribution in [3.8, 4) is 0 Å². The first-order chi connectivity index (χ1) is 9.22.